The van der Waals surface area contributed by atoms with E-state index in [4.69, 9.17) is 11.6 Å². The maximum atomic E-state index is 6.20. The number of likely N-dealkylation sites (tertiary alicyclic amines) is 1. The van der Waals surface area contributed by atoms with E-state index in [2.05, 4.69) is 49.9 Å². The molecule has 2 heterocycles. The molecule has 1 aliphatic carbocycles. The zero-order valence-corrected chi connectivity index (χ0v) is 19.5. The van der Waals surface area contributed by atoms with Crippen LogP contribution in [0, 0.1) is 12.8 Å². The molecule has 4 rings (SSSR count). The first-order chi connectivity index (χ1) is 14.6. The molecule has 2 fully saturated rings. The molecule has 162 valence electrons. The van der Waals surface area contributed by atoms with Gasteiger partial charge >= 0.3 is 0 Å². The molecule has 1 aromatic heterocycles. The van der Waals surface area contributed by atoms with E-state index in [0.717, 1.165) is 48.7 Å². The minimum atomic E-state index is 0.210. The zero-order valence-electron chi connectivity index (χ0n) is 18.0. The third-order valence-corrected chi connectivity index (χ3v) is 7.48. The second-order valence-corrected chi connectivity index (χ2v) is 10.2. The molecule has 2 aromatic rings. The maximum absolute atomic E-state index is 6.20. The van der Waals surface area contributed by atoms with Crippen molar-refractivity contribution in [1.82, 2.24) is 20.5 Å². The molecule has 1 aliphatic heterocycles. The van der Waals surface area contributed by atoms with Gasteiger partial charge in [-0.25, -0.2) is 4.98 Å². The van der Waals surface area contributed by atoms with Crippen LogP contribution in [0.2, 0.25) is 5.02 Å². The van der Waals surface area contributed by atoms with Crippen molar-refractivity contribution in [3.05, 3.63) is 50.9 Å². The van der Waals surface area contributed by atoms with Crippen molar-refractivity contribution >= 4 is 28.9 Å². The standard InChI is InChI=1S/C23H32ClN5S/c1-17-28-21(15-30-17)14-29-10-6-18(7-11-29)13-26-22(25-2)27-16-23(8-9-23)19-4-3-5-20(24)12-19/h3-5,12,15,18H,6-11,13-14,16H2,1-2H3,(H2,25,26,27). The summed E-state index contributed by atoms with van der Waals surface area (Å²) in [5.74, 6) is 1.60. The highest BCUT2D eigenvalue weighted by Gasteiger charge is 2.44. The summed E-state index contributed by atoms with van der Waals surface area (Å²) in [5.41, 5.74) is 2.76. The van der Waals surface area contributed by atoms with E-state index < -0.39 is 0 Å². The van der Waals surface area contributed by atoms with Gasteiger partial charge in [0.25, 0.3) is 0 Å². The molecular weight excluding hydrogens is 414 g/mol. The summed E-state index contributed by atoms with van der Waals surface area (Å²) in [4.78, 5) is 11.6. The van der Waals surface area contributed by atoms with Gasteiger partial charge in [-0.2, -0.15) is 0 Å². The molecule has 1 aromatic carbocycles. The van der Waals surface area contributed by atoms with E-state index in [0.29, 0.717) is 5.92 Å². The number of aromatic nitrogens is 1. The van der Waals surface area contributed by atoms with Crippen molar-refractivity contribution in [2.24, 2.45) is 10.9 Å². The summed E-state index contributed by atoms with van der Waals surface area (Å²) < 4.78 is 0. The Balaban J connectivity index is 1.19. The third-order valence-electron chi connectivity index (χ3n) is 6.43. The van der Waals surface area contributed by atoms with Gasteiger partial charge in [-0.3, -0.25) is 9.89 Å². The lowest BCUT2D eigenvalue weighted by Crippen LogP contribution is -2.44. The first-order valence-corrected chi connectivity index (χ1v) is 12.2. The van der Waals surface area contributed by atoms with Crippen molar-refractivity contribution < 1.29 is 0 Å². The Morgan fingerprint density at radius 3 is 2.73 bits per heavy atom. The van der Waals surface area contributed by atoms with Gasteiger partial charge in [0.1, 0.15) is 0 Å². The van der Waals surface area contributed by atoms with Crippen molar-refractivity contribution in [1.29, 1.82) is 0 Å². The summed E-state index contributed by atoms with van der Waals surface area (Å²) in [6, 6.07) is 8.29. The van der Waals surface area contributed by atoms with Crippen molar-refractivity contribution in [3.63, 3.8) is 0 Å². The zero-order chi connectivity index (χ0) is 21.0. The molecule has 30 heavy (non-hydrogen) atoms. The molecule has 5 nitrogen and oxygen atoms in total. The van der Waals surface area contributed by atoms with Crippen LogP contribution >= 0.6 is 22.9 Å². The molecule has 0 radical (unpaired) electrons. The maximum Gasteiger partial charge on any atom is 0.191 e. The number of hydrogen-bond donors (Lipinski definition) is 2. The second kappa shape index (κ2) is 9.67. The molecule has 1 saturated heterocycles. The van der Waals surface area contributed by atoms with Crippen LogP contribution in [-0.2, 0) is 12.0 Å². The predicted octanol–water partition coefficient (Wildman–Crippen LogP) is 4.21. The van der Waals surface area contributed by atoms with Gasteiger partial charge in [0.2, 0.25) is 0 Å². The van der Waals surface area contributed by atoms with Crippen molar-refractivity contribution in [3.8, 4) is 0 Å². The van der Waals surface area contributed by atoms with E-state index in [1.807, 2.05) is 19.2 Å². The number of aryl methyl sites for hydroxylation is 1. The van der Waals surface area contributed by atoms with E-state index in [1.165, 1.54) is 36.9 Å². The van der Waals surface area contributed by atoms with E-state index in [9.17, 15) is 0 Å². The highest BCUT2D eigenvalue weighted by Crippen LogP contribution is 2.48. The number of nitrogens with one attached hydrogen (secondary N) is 2. The molecule has 2 N–H and O–H groups in total. The van der Waals surface area contributed by atoms with E-state index in [-0.39, 0.29) is 5.41 Å². The van der Waals surface area contributed by atoms with Gasteiger partial charge in [0.15, 0.2) is 5.96 Å². The summed E-state index contributed by atoms with van der Waals surface area (Å²) in [6.45, 7) is 7.23. The number of hydrogen-bond acceptors (Lipinski definition) is 4. The quantitative estimate of drug-likeness (QED) is 0.495. The minimum absolute atomic E-state index is 0.210. The molecular formula is C23H32ClN5S. The smallest absolute Gasteiger partial charge is 0.191 e. The summed E-state index contributed by atoms with van der Waals surface area (Å²) in [5, 5.41) is 11.3. The molecule has 0 unspecified atom stereocenters. The van der Waals surface area contributed by atoms with Crippen LogP contribution in [0.15, 0.2) is 34.6 Å². The Hall–Kier alpha value is -1.63. The second-order valence-electron chi connectivity index (χ2n) is 8.67. The number of aliphatic imine (C=N–C) groups is 1. The molecule has 1 saturated carbocycles. The average molecular weight is 446 g/mol. The SMILES string of the molecule is CN=C(NCC1CCN(Cc2csc(C)n2)CC1)NCC1(c2cccc(Cl)c2)CC1. The van der Waals surface area contributed by atoms with Crippen LogP contribution in [0.3, 0.4) is 0 Å². The van der Waals surface area contributed by atoms with Crippen LogP contribution < -0.4 is 10.6 Å². The topological polar surface area (TPSA) is 52.6 Å². The molecule has 2 aliphatic rings. The van der Waals surface area contributed by atoms with Crippen molar-refractivity contribution in [2.45, 2.75) is 44.6 Å². The highest BCUT2D eigenvalue weighted by atomic mass is 35.5. The molecule has 7 heteroatoms. The molecule has 0 amide bonds. The lowest BCUT2D eigenvalue weighted by molar-refractivity contribution is 0.176. The fourth-order valence-corrected chi connectivity index (χ4v) is 5.10. The van der Waals surface area contributed by atoms with Crippen molar-refractivity contribution in [2.75, 3.05) is 33.2 Å². The fraction of sp³-hybridized carbons (Fsp3) is 0.565. The van der Waals surface area contributed by atoms with Crippen LogP contribution in [0.4, 0.5) is 0 Å². The lowest BCUT2D eigenvalue weighted by Gasteiger charge is -2.32. The largest absolute Gasteiger partial charge is 0.356 e. The predicted molar refractivity (Wildman–Crippen MR) is 127 cm³/mol. The number of benzene rings is 1. The molecule has 0 bridgehead atoms. The number of piperidine rings is 1. The Bertz CT molecular complexity index is 868. The Morgan fingerprint density at radius 1 is 1.30 bits per heavy atom. The number of rotatable bonds is 7. The first kappa shape index (κ1) is 21.6. The van der Waals surface area contributed by atoms with Crippen LogP contribution in [0.5, 0.6) is 0 Å². The number of halogens is 1. The number of nitrogens with zero attached hydrogens (tertiary/aromatic N) is 3. The number of guanidine groups is 1. The van der Waals surface area contributed by atoms with Crippen LogP contribution in [-0.4, -0.2) is 49.1 Å². The van der Waals surface area contributed by atoms with Gasteiger partial charge in [-0.05, 0) is 69.3 Å². The van der Waals surface area contributed by atoms with Gasteiger partial charge in [0.05, 0.1) is 10.7 Å². The summed E-state index contributed by atoms with van der Waals surface area (Å²) in [7, 11) is 1.85. The lowest BCUT2D eigenvalue weighted by atomic mass is 9.96. The van der Waals surface area contributed by atoms with E-state index in [1.54, 1.807) is 11.3 Å². The number of thiazole rings is 1. The van der Waals surface area contributed by atoms with Gasteiger partial charge in [-0.15, -0.1) is 11.3 Å². The normalized spacial score (nSPS) is 19.6. The summed E-state index contributed by atoms with van der Waals surface area (Å²) in [6.07, 6.45) is 4.85. The van der Waals surface area contributed by atoms with E-state index >= 15 is 0 Å². The minimum Gasteiger partial charge on any atom is -0.356 e. The Kier molecular flexibility index (Phi) is 6.96. The fourth-order valence-electron chi connectivity index (χ4n) is 4.31. The van der Waals surface area contributed by atoms with Crippen LogP contribution in [0.25, 0.3) is 0 Å². The Morgan fingerprint density at radius 2 is 2.10 bits per heavy atom. The molecule has 0 spiro atoms. The van der Waals surface area contributed by atoms with Gasteiger partial charge in [-0.1, -0.05) is 23.7 Å². The van der Waals surface area contributed by atoms with Gasteiger partial charge < -0.3 is 10.6 Å². The third kappa shape index (κ3) is 5.54. The van der Waals surface area contributed by atoms with Crippen LogP contribution in [0.1, 0.15) is 41.9 Å². The average Bonchev–Trinajstić information content (AvgIpc) is 3.44. The van der Waals surface area contributed by atoms with Gasteiger partial charge in [0, 0.05) is 42.5 Å². The summed E-state index contributed by atoms with van der Waals surface area (Å²) >= 11 is 7.94. The molecule has 0 atom stereocenters. The first-order valence-electron chi connectivity index (χ1n) is 10.9. The monoisotopic (exact) mass is 445 g/mol. The Labute approximate surface area is 189 Å². The highest BCUT2D eigenvalue weighted by molar-refractivity contribution is 7.09.